The Bertz CT molecular complexity index is 23.0. The summed E-state index contributed by atoms with van der Waals surface area (Å²) in [6, 6.07) is 0. The van der Waals surface area contributed by atoms with Crippen LogP contribution in [0.3, 0.4) is 0 Å². The zero-order valence-corrected chi connectivity index (χ0v) is 6.68. The van der Waals surface area contributed by atoms with Crippen LogP contribution in [0, 0.1) is 27.1 Å². The van der Waals surface area contributed by atoms with Gasteiger partial charge in [-0.25, -0.2) is 0 Å². The summed E-state index contributed by atoms with van der Waals surface area (Å²) >= 11 is -7.34. The summed E-state index contributed by atoms with van der Waals surface area (Å²) in [5.74, 6) is 0. The van der Waals surface area contributed by atoms with Crippen LogP contribution in [0.4, 0.5) is 8.40 Å². The molecule has 2 N–H and O–H groups in total. The first-order chi connectivity index (χ1) is 2.00. The quantitative estimate of drug-likeness (QED) is 0.590. The van der Waals surface area contributed by atoms with Gasteiger partial charge in [-0.1, -0.05) is 0 Å². The van der Waals surface area contributed by atoms with E-state index in [0.717, 1.165) is 0 Å². The SMILES string of the molecule is O.[F][U]([F])([F])[F]. The van der Waals surface area contributed by atoms with Crippen LogP contribution in [0.15, 0.2) is 0 Å². The summed E-state index contributed by atoms with van der Waals surface area (Å²) in [5, 5.41) is 0. The van der Waals surface area contributed by atoms with Gasteiger partial charge in [0.15, 0.2) is 0 Å². The number of rotatable bonds is 0. The Morgan fingerprint density at radius 1 is 0.833 bits per heavy atom. The fraction of sp³-hybridized carbons (Fsp3) is 0. The van der Waals surface area contributed by atoms with E-state index in [9.17, 15) is 8.40 Å². The third kappa shape index (κ3) is 123. The summed E-state index contributed by atoms with van der Waals surface area (Å²) in [5.41, 5.74) is 0. The maximum absolute atomic E-state index is 9.92. The van der Waals surface area contributed by atoms with Gasteiger partial charge in [-0.3, -0.25) is 0 Å². The Hall–Kier alpha value is 0.732. The zero-order valence-electron chi connectivity index (χ0n) is 2.51. The molecule has 0 saturated heterocycles. The second kappa shape index (κ2) is 2.83. The van der Waals surface area contributed by atoms with Gasteiger partial charge in [0.05, 0.1) is 0 Å². The van der Waals surface area contributed by atoms with Crippen LogP contribution in [0.25, 0.3) is 0 Å². The van der Waals surface area contributed by atoms with E-state index in [0.29, 0.717) is 0 Å². The van der Waals surface area contributed by atoms with E-state index in [1.54, 1.807) is 0 Å². The molecule has 0 aromatic carbocycles. The summed E-state index contributed by atoms with van der Waals surface area (Å²) in [7, 11) is 0. The molecule has 0 aromatic heterocycles. The molecule has 6 heavy (non-hydrogen) atoms. The van der Waals surface area contributed by atoms with Crippen molar-refractivity contribution >= 4 is 0 Å². The second-order valence-electron chi connectivity index (χ2n) is 0.429. The summed E-state index contributed by atoms with van der Waals surface area (Å²) < 4.78 is 39.7. The standard InChI is InChI=1S/4FH.H2O.U/h4*1H;1H2;/q;;;;;+4/p-4. The van der Waals surface area contributed by atoms with E-state index in [-0.39, 0.29) is 5.48 Å². The molecule has 0 fully saturated rings. The van der Waals surface area contributed by atoms with Crippen LogP contribution in [-0.2, 0) is 0 Å². The molecule has 0 aliphatic carbocycles. The van der Waals surface area contributed by atoms with E-state index in [1.807, 2.05) is 0 Å². The molecule has 1 nitrogen and oxygen atoms in total. The summed E-state index contributed by atoms with van der Waals surface area (Å²) in [6.07, 6.45) is 0. The van der Waals surface area contributed by atoms with Crippen molar-refractivity contribution in [3.63, 3.8) is 0 Å². The molecule has 0 unspecified atom stereocenters. The molecule has 0 spiro atoms. The molecule has 0 rings (SSSR count). The molecule has 0 aromatic rings. The van der Waals surface area contributed by atoms with Crippen LogP contribution in [0.1, 0.15) is 0 Å². The van der Waals surface area contributed by atoms with Gasteiger partial charge in [0.25, 0.3) is 0 Å². The Balaban J connectivity index is 0. The van der Waals surface area contributed by atoms with E-state index < -0.39 is 27.1 Å². The van der Waals surface area contributed by atoms with Crippen LogP contribution >= 0.6 is 0 Å². The van der Waals surface area contributed by atoms with Gasteiger partial charge in [0.1, 0.15) is 0 Å². The molecule has 0 radical (unpaired) electrons. The topological polar surface area (TPSA) is 31.5 Å². The molecule has 0 heterocycles. The van der Waals surface area contributed by atoms with Crippen molar-refractivity contribution in [2.75, 3.05) is 0 Å². The van der Waals surface area contributed by atoms with Crippen molar-refractivity contribution in [1.29, 1.82) is 0 Å². The predicted molar refractivity (Wildman–Crippen MR) is 8.05 cm³/mol. The van der Waals surface area contributed by atoms with E-state index in [4.69, 9.17) is 0 Å². The molecular formula is H2F4OU. The Kier molecular flexibility index (Phi) is 4.66. The van der Waals surface area contributed by atoms with Gasteiger partial charge in [-0.2, -0.15) is 0 Å². The van der Waals surface area contributed by atoms with Crippen LogP contribution in [0.5, 0.6) is 0 Å². The molecule has 0 bridgehead atoms. The first-order valence-corrected chi connectivity index (χ1v) is 7.05. The maximum atomic E-state index is 9.92. The normalized spacial score (nSPS) is 10.0. The van der Waals surface area contributed by atoms with Crippen molar-refractivity contribution < 1.29 is 41.0 Å². The fourth-order valence-electron chi connectivity index (χ4n) is 0. The number of halogens is 4. The van der Waals surface area contributed by atoms with Crippen molar-refractivity contribution in [3.05, 3.63) is 0 Å². The minimum absolute atomic E-state index is 0. The molecule has 0 amide bonds. The Morgan fingerprint density at radius 2 is 0.833 bits per heavy atom. The van der Waals surface area contributed by atoms with Gasteiger partial charge in [-0.05, 0) is 0 Å². The van der Waals surface area contributed by atoms with E-state index in [2.05, 4.69) is 0 Å². The number of hydrogen-bond acceptors (Lipinski definition) is 0. The van der Waals surface area contributed by atoms with Gasteiger partial charge in [0.2, 0.25) is 0 Å². The molecule has 0 aliphatic heterocycles. The van der Waals surface area contributed by atoms with Crippen LogP contribution in [-0.4, -0.2) is 5.48 Å². The average Bonchev–Trinajstić information content (AvgIpc) is 0.722. The average molecular weight is 332 g/mol. The molecule has 0 saturated carbocycles. The van der Waals surface area contributed by atoms with Crippen molar-refractivity contribution in [2.24, 2.45) is 0 Å². The summed E-state index contributed by atoms with van der Waals surface area (Å²) in [6.45, 7) is 0. The fourth-order valence-corrected chi connectivity index (χ4v) is 0. The second-order valence-corrected chi connectivity index (χ2v) is 4.00. The Morgan fingerprint density at radius 3 is 0.833 bits per heavy atom. The van der Waals surface area contributed by atoms with E-state index >= 15 is 0 Å². The molecule has 40 valence electrons. The monoisotopic (exact) mass is 332 g/mol. The van der Waals surface area contributed by atoms with Gasteiger partial charge < -0.3 is 5.48 Å². The summed E-state index contributed by atoms with van der Waals surface area (Å²) in [4.78, 5) is 0. The van der Waals surface area contributed by atoms with E-state index in [1.165, 1.54) is 0 Å². The predicted octanol–water partition coefficient (Wildman–Crippen LogP) is 0.856. The molecule has 0 aliphatic rings. The molecular weight excluding hydrogens is 330 g/mol. The van der Waals surface area contributed by atoms with Crippen molar-refractivity contribution in [3.8, 4) is 0 Å². The number of hydrogen-bond donors (Lipinski definition) is 0. The van der Waals surface area contributed by atoms with Gasteiger partial charge >= 0.3 is 35.5 Å². The van der Waals surface area contributed by atoms with Crippen LogP contribution < -0.4 is 0 Å². The molecule has 6 heteroatoms. The Labute approximate surface area is 41.2 Å². The first-order valence-electron chi connectivity index (χ1n) is 0.756. The third-order valence-electron chi connectivity index (χ3n) is 0. The van der Waals surface area contributed by atoms with Crippen molar-refractivity contribution in [2.45, 2.75) is 0 Å². The van der Waals surface area contributed by atoms with Crippen LogP contribution in [0.2, 0.25) is 0 Å². The van der Waals surface area contributed by atoms with Crippen molar-refractivity contribution in [1.82, 2.24) is 0 Å². The molecule has 0 atom stereocenters. The van der Waals surface area contributed by atoms with Gasteiger partial charge in [0, 0.05) is 0 Å². The van der Waals surface area contributed by atoms with Gasteiger partial charge in [-0.15, -0.1) is 0 Å². The first kappa shape index (κ1) is 9.88. The zero-order chi connectivity index (χ0) is 4.50. The third-order valence-corrected chi connectivity index (χ3v) is 0. The minimum atomic E-state index is -7.34.